The van der Waals surface area contributed by atoms with E-state index in [1.54, 1.807) is 31.4 Å². The third kappa shape index (κ3) is 7.92. The van der Waals surface area contributed by atoms with Gasteiger partial charge in [0.05, 0.1) is 48.7 Å². The van der Waals surface area contributed by atoms with Gasteiger partial charge in [-0.2, -0.15) is 12.7 Å². The van der Waals surface area contributed by atoms with Crippen LogP contribution in [0.4, 0.5) is 5.69 Å². The second kappa shape index (κ2) is 13.0. The lowest BCUT2D eigenvalue weighted by molar-refractivity contribution is -0.00992. The number of rotatable bonds is 12. The van der Waals surface area contributed by atoms with Gasteiger partial charge in [-0.1, -0.05) is 23.8 Å². The smallest absolute Gasteiger partial charge is 0.264 e. The molecule has 2 aliphatic heterocycles. The lowest BCUT2D eigenvalue weighted by atomic mass is 10.0. The summed E-state index contributed by atoms with van der Waals surface area (Å²) in [6.45, 7) is 5.04. The number of piperidine rings is 1. The first kappa shape index (κ1) is 29.8. The molecule has 2 aliphatic rings. The predicted octanol–water partition coefficient (Wildman–Crippen LogP) is 2.95. The van der Waals surface area contributed by atoms with E-state index in [9.17, 15) is 16.8 Å². The number of nitrogens with zero attached hydrogens (tertiary/aromatic N) is 2. The highest BCUT2D eigenvalue weighted by Crippen LogP contribution is 2.33. The van der Waals surface area contributed by atoms with Gasteiger partial charge in [-0.25, -0.2) is 8.42 Å². The second-order valence-electron chi connectivity index (χ2n) is 10.0. The molecule has 0 spiro atoms. The van der Waals surface area contributed by atoms with Crippen LogP contribution < -0.4 is 9.64 Å². The molecule has 1 saturated heterocycles. The van der Waals surface area contributed by atoms with Crippen LogP contribution in [0, 0.1) is 6.92 Å². The molecule has 4 rings (SSSR count). The average molecular weight is 583 g/mol. The van der Waals surface area contributed by atoms with E-state index in [1.165, 1.54) is 4.31 Å². The molecular weight excluding hydrogens is 544 g/mol. The van der Waals surface area contributed by atoms with Crippen LogP contribution >= 0.6 is 0 Å². The Labute approximate surface area is 232 Å². The summed E-state index contributed by atoms with van der Waals surface area (Å²) in [7, 11) is -5.92. The van der Waals surface area contributed by atoms with E-state index in [4.69, 9.17) is 18.4 Å². The lowest BCUT2D eigenvalue weighted by Crippen LogP contribution is -2.51. The van der Waals surface area contributed by atoms with Crippen LogP contribution in [-0.2, 0) is 40.4 Å². The molecule has 0 N–H and O–H groups in total. The molecule has 0 saturated carbocycles. The summed E-state index contributed by atoms with van der Waals surface area (Å²) in [5, 5.41) is 0. The number of hydrogen-bond donors (Lipinski definition) is 0. The van der Waals surface area contributed by atoms with Gasteiger partial charge in [0.25, 0.3) is 10.1 Å². The summed E-state index contributed by atoms with van der Waals surface area (Å²) in [5.41, 5.74) is 2.92. The average Bonchev–Trinajstić information content (AvgIpc) is 2.91. The highest BCUT2D eigenvalue weighted by molar-refractivity contribution is 7.89. The first-order chi connectivity index (χ1) is 18.6. The second-order valence-corrected chi connectivity index (χ2v) is 13.6. The summed E-state index contributed by atoms with van der Waals surface area (Å²) < 4.78 is 74.0. The molecule has 0 radical (unpaired) electrons. The molecule has 0 bridgehead atoms. The number of sulfonamides is 1. The van der Waals surface area contributed by atoms with Crippen LogP contribution in [0.2, 0.25) is 0 Å². The Morgan fingerprint density at radius 3 is 2.54 bits per heavy atom. The van der Waals surface area contributed by atoms with Crippen molar-refractivity contribution in [3.63, 3.8) is 0 Å². The fourth-order valence-electron chi connectivity index (χ4n) is 4.86. The molecule has 2 unspecified atom stereocenters. The van der Waals surface area contributed by atoms with E-state index < -0.39 is 26.2 Å². The van der Waals surface area contributed by atoms with Crippen molar-refractivity contribution in [1.82, 2.24) is 4.31 Å². The minimum atomic E-state index is -3.90. The first-order valence-corrected chi connectivity index (χ1v) is 16.4. The molecular formula is C27H38N2O8S2. The van der Waals surface area contributed by atoms with Crippen LogP contribution in [0.1, 0.15) is 30.4 Å². The largest absolute Gasteiger partial charge is 0.490 e. The van der Waals surface area contributed by atoms with Crippen molar-refractivity contribution in [3.05, 3.63) is 53.6 Å². The molecule has 0 amide bonds. The Hall–Kier alpha value is -2.22. The van der Waals surface area contributed by atoms with Gasteiger partial charge in [0.15, 0.2) is 0 Å². The van der Waals surface area contributed by atoms with E-state index in [0.29, 0.717) is 32.7 Å². The fourth-order valence-corrected chi connectivity index (χ4v) is 6.94. The molecule has 12 heteroatoms. The Bertz CT molecular complexity index is 1320. The van der Waals surface area contributed by atoms with Gasteiger partial charge < -0.3 is 19.1 Å². The number of methoxy groups -OCH3 is 1. The van der Waals surface area contributed by atoms with Crippen LogP contribution in [0.15, 0.2) is 47.4 Å². The number of ether oxygens (including phenoxy) is 3. The molecule has 39 heavy (non-hydrogen) atoms. The van der Waals surface area contributed by atoms with Crippen LogP contribution in [-0.4, -0.2) is 86.1 Å². The lowest BCUT2D eigenvalue weighted by Gasteiger charge is -2.38. The van der Waals surface area contributed by atoms with E-state index in [2.05, 4.69) is 11.0 Å². The minimum absolute atomic E-state index is 0.102. The van der Waals surface area contributed by atoms with Gasteiger partial charge in [-0.15, -0.1) is 0 Å². The van der Waals surface area contributed by atoms with Crippen molar-refractivity contribution in [1.29, 1.82) is 0 Å². The molecule has 2 heterocycles. The fraction of sp³-hybridized carbons (Fsp3) is 0.556. The third-order valence-electron chi connectivity index (χ3n) is 6.96. The maximum Gasteiger partial charge on any atom is 0.264 e. The highest BCUT2D eigenvalue weighted by atomic mass is 32.2. The normalized spacial score (nSPS) is 20.4. The Kier molecular flexibility index (Phi) is 9.89. The van der Waals surface area contributed by atoms with E-state index in [0.717, 1.165) is 48.3 Å². The van der Waals surface area contributed by atoms with Crippen LogP contribution in [0.5, 0.6) is 5.75 Å². The zero-order valence-corrected chi connectivity index (χ0v) is 24.4. The number of benzene rings is 2. The van der Waals surface area contributed by atoms with Gasteiger partial charge >= 0.3 is 0 Å². The van der Waals surface area contributed by atoms with Crippen molar-refractivity contribution < 1.29 is 35.2 Å². The maximum absolute atomic E-state index is 13.6. The predicted molar refractivity (Wildman–Crippen MR) is 148 cm³/mol. The van der Waals surface area contributed by atoms with Gasteiger partial charge in [-0.3, -0.25) is 4.18 Å². The van der Waals surface area contributed by atoms with E-state index in [-0.39, 0.29) is 24.2 Å². The minimum Gasteiger partial charge on any atom is -0.490 e. The van der Waals surface area contributed by atoms with Crippen molar-refractivity contribution in [2.75, 3.05) is 57.7 Å². The van der Waals surface area contributed by atoms with Crippen molar-refractivity contribution in [3.8, 4) is 5.75 Å². The third-order valence-corrected chi connectivity index (χ3v) is 9.46. The van der Waals surface area contributed by atoms with Crippen molar-refractivity contribution in [2.24, 2.45) is 0 Å². The van der Waals surface area contributed by atoms with Gasteiger partial charge in [0.2, 0.25) is 10.0 Å². The van der Waals surface area contributed by atoms with Crippen molar-refractivity contribution in [2.45, 2.75) is 49.8 Å². The zero-order chi connectivity index (χ0) is 28.0. The summed E-state index contributed by atoms with van der Waals surface area (Å²) in [4.78, 5) is 2.44. The Balaban J connectivity index is 1.47. The summed E-state index contributed by atoms with van der Waals surface area (Å²) in [5.74, 6) is 0.837. The number of fused-ring (bicyclic) bond motifs is 1. The van der Waals surface area contributed by atoms with Gasteiger partial charge in [0.1, 0.15) is 12.4 Å². The summed E-state index contributed by atoms with van der Waals surface area (Å²) in [6, 6.07) is 12.0. The van der Waals surface area contributed by atoms with Crippen LogP contribution in [0.3, 0.4) is 0 Å². The zero-order valence-electron chi connectivity index (χ0n) is 22.7. The molecule has 216 valence electrons. The molecule has 2 aromatic carbocycles. The monoisotopic (exact) mass is 582 g/mol. The molecule has 2 atom stereocenters. The Morgan fingerprint density at radius 1 is 1.05 bits per heavy atom. The number of aryl methyl sites for hydroxylation is 1. The molecule has 1 fully saturated rings. The first-order valence-electron chi connectivity index (χ1n) is 13.1. The molecule has 10 nitrogen and oxygen atoms in total. The van der Waals surface area contributed by atoms with E-state index in [1.807, 2.05) is 19.1 Å². The highest BCUT2D eigenvalue weighted by Gasteiger charge is 2.38. The summed E-state index contributed by atoms with van der Waals surface area (Å²) in [6.07, 6.45) is 2.51. The van der Waals surface area contributed by atoms with Crippen molar-refractivity contribution >= 4 is 25.8 Å². The van der Waals surface area contributed by atoms with Crippen LogP contribution in [0.25, 0.3) is 0 Å². The maximum atomic E-state index is 13.6. The Morgan fingerprint density at radius 2 is 1.82 bits per heavy atom. The van der Waals surface area contributed by atoms with Gasteiger partial charge in [0, 0.05) is 26.8 Å². The number of anilines is 1. The summed E-state index contributed by atoms with van der Waals surface area (Å²) >= 11 is 0. The molecule has 0 aliphatic carbocycles. The van der Waals surface area contributed by atoms with Gasteiger partial charge in [-0.05, 0) is 56.0 Å². The molecule has 2 aromatic rings. The van der Waals surface area contributed by atoms with E-state index >= 15 is 0 Å². The SMILES string of the molecule is COCCCN1CCOc2ccc(COC3CCC(COS(C)(=O)=O)N(S(=O)(=O)c4ccc(C)cc4)C3)cc21. The standard InChI is InChI=1S/C27H38N2O8S2/c1-21-5-10-25(11-6-21)39(32,33)29-18-24(9-8-23(29)20-37-38(3,30)31)36-19-22-7-12-27-26(17-22)28(14-16-35-27)13-4-15-34-2/h5-7,10-12,17,23-24H,4,8-9,13-16,18-20H2,1-3H3. The topological polar surface area (TPSA) is 112 Å². The quantitative estimate of drug-likeness (QED) is 0.275. The number of hydrogen-bond acceptors (Lipinski definition) is 9. The molecule has 0 aromatic heterocycles.